The van der Waals surface area contributed by atoms with Crippen LogP contribution in [-0.4, -0.2) is 26.3 Å². The number of carboxylic acid groups (broad SMARTS) is 1. The smallest absolute Gasteiger partial charge is 0.337 e. The molecule has 0 aliphatic carbocycles. The Kier molecular flexibility index (Phi) is 2.49. The van der Waals surface area contributed by atoms with E-state index >= 15 is 0 Å². The minimum Gasteiger partial charge on any atom is -0.478 e. The molecule has 0 unspecified atom stereocenters. The summed E-state index contributed by atoms with van der Waals surface area (Å²) in [6.07, 6.45) is 0. The third kappa shape index (κ3) is 1.75. The Labute approximate surface area is 111 Å². The van der Waals surface area contributed by atoms with Gasteiger partial charge in [0.25, 0.3) is 0 Å². The fourth-order valence-corrected chi connectivity index (χ4v) is 3.12. The van der Waals surface area contributed by atoms with Crippen molar-refractivity contribution in [2.75, 3.05) is 5.73 Å². The van der Waals surface area contributed by atoms with Crippen LogP contribution in [-0.2, 0) is 0 Å². The molecule has 3 rings (SSSR count). The van der Waals surface area contributed by atoms with Gasteiger partial charge in [-0.15, -0.1) is 11.3 Å². The number of nitrogen functional groups attached to an aromatic ring is 1. The molecule has 0 atom stereocenters. The SMILES string of the molecule is Cc1[nH]nc(N)c1-c1nc2cccc(C(=O)O)c2s1. The number of aromatic nitrogens is 3. The number of hydrogen-bond acceptors (Lipinski definition) is 5. The largest absolute Gasteiger partial charge is 0.478 e. The van der Waals surface area contributed by atoms with Crippen molar-refractivity contribution >= 4 is 33.3 Å². The Bertz CT molecular complexity index is 771. The summed E-state index contributed by atoms with van der Waals surface area (Å²) in [5.74, 6) is -0.592. The first-order valence-electron chi connectivity index (χ1n) is 5.51. The predicted octanol–water partition coefficient (Wildman–Crippen LogP) is 2.28. The van der Waals surface area contributed by atoms with Gasteiger partial charge in [-0.1, -0.05) is 6.07 Å². The van der Waals surface area contributed by atoms with Gasteiger partial charge in [0, 0.05) is 5.69 Å². The van der Waals surface area contributed by atoms with E-state index in [9.17, 15) is 4.79 Å². The highest BCUT2D eigenvalue weighted by atomic mass is 32.1. The maximum Gasteiger partial charge on any atom is 0.337 e. The van der Waals surface area contributed by atoms with Crippen molar-refractivity contribution in [3.05, 3.63) is 29.5 Å². The minimum absolute atomic E-state index is 0.251. The van der Waals surface area contributed by atoms with Crippen LogP contribution in [0.15, 0.2) is 18.2 Å². The molecule has 0 spiro atoms. The molecule has 4 N–H and O–H groups in total. The average molecular weight is 274 g/mol. The van der Waals surface area contributed by atoms with Crippen LogP contribution in [0.4, 0.5) is 5.82 Å². The molecule has 0 fully saturated rings. The lowest BCUT2D eigenvalue weighted by molar-refractivity contribution is 0.0699. The number of benzene rings is 1. The number of aromatic carboxylic acids is 1. The van der Waals surface area contributed by atoms with E-state index in [1.54, 1.807) is 18.2 Å². The van der Waals surface area contributed by atoms with Crippen LogP contribution in [0.2, 0.25) is 0 Å². The number of nitrogens with two attached hydrogens (primary N) is 1. The summed E-state index contributed by atoms with van der Waals surface area (Å²) in [5.41, 5.74) is 8.25. The summed E-state index contributed by atoms with van der Waals surface area (Å²) >= 11 is 1.31. The molecule has 0 bridgehead atoms. The van der Waals surface area contributed by atoms with Crippen molar-refractivity contribution < 1.29 is 9.90 Å². The number of thiazole rings is 1. The summed E-state index contributed by atoms with van der Waals surface area (Å²) in [4.78, 5) is 15.6. The summed E-state index contributed by atoms with van der Waals surface area (Å²) < 4.78 is 0.644. The van der Waals surface area contributed by atoms with Crippen LogP contribution < -0.4 is 5.73 Å². The molecule has 7 heteroatoms. The van der Waals surface area contributed by atoms with Gasteiger partial charge in [-0.2, -0.15) is 5.10 Å². The number of aromatic amines is 1. The van der Waals surface area contributed by atoms with Gasteiger partial charge in [0.15, 0.2) is 5.82 Å². The molecule has 0 saturated carbocycles. The molecule has 0 saturated heterocycles. The van der Waals surface area contributed by atoms with Gasteiger partial charge < -0.3 is 10.8 Å². The Hall–Kier alpha value is -2.41. The molecule has 96 valence electrons. The van der Waals surface area contributed by atoms with Crippen molar-refractivity contribution in [2.24, 2.45) is 0 Å². The maximum atomic E-state index is 11.2. The first-order valence-corrected chi connectivity index (χ1v) is 6.33. The first kappa shape index (κ1) is 11.7. The van der Waals surface area contributed by atoms with Gasteiger partial charge in [-0.3, -0.25) is 5.10 Å². The molecule has 0 aliphatic heterocycles. The fraction of sp³-hybridized carbons (Fsp3) is 0.0833. The van der Waals surface area contributed by atoms with Crippen molar-refractivity contribution in [2.45, 2.75) is 6.92 Å². The predicted molar refractivity (Wildman–Crippen MR) is 73.3 cm³/mol. The van der Waals surface area contributed by atoms with Gasteiger partial charge in [-0.25, -0.2) is 9.78 Å². The molecule has 19 heavy (non-hydrogen) atoms. The number of hydrogen-bond donors (Lipinski definition) is 3. The summed E-state index contributed by atoms with van der Waals surface area (Å²) in [6.45, 7) is 1.85. The van der Waals surface area contributed by atoms with Crippen molar-refractivity contribution in [1.82, 2.24) is 15.2 Å². The molecule has 0 radical (unpaired) electrons. The number of nitrogens with zero attached hydrogens (tertiary/aromatic N) is 2. The molecule has 1 aromatic carbocycles. The van der Waals surface area contributed by atoms with Crippen molar-refractivity contribution in [3.63, 3.8) is 0 Å². The van der Waals surface area contributed by atoms with Crippen molar-refractivity contribution in [1.29, 1.82) is 0 Å². The number of fused-ring (bicyclic) bond motifs is 1. The van der Waals surface area contributed by atoms with E-state index in [1.165, 1.54) is 11.3 Å². The second-order valence-corrected chi connectivity index (χ2v) is 5.09. The van der Waals surface area contributed by atoms with Crippen LogP contribution in [0.3, 0.4) is 0 Å². The maximum absolute atomic E-state index is 11.2. The first-order chi connectivity index (χ1) is 9.08. The lowest BCUT2D eigenvalue weighted by atomic mass is 10.2. The third-order valence-electron chi connectivity index (χ3n) is 2.83. The van der Waals surface area contributed by atoms with Crippen LogP contribution in [0.5, 0.6) is 0 Å². The van der Waals surface area contributed by atoms with E-state index in [-0.39, 0.29) is 5.56 Å². The lowest BCUT2D eigenvalue weighted by Crippen LogP contribution is -1.95. The molecule has 0 aliphatic rings. The van der Waals surface area contributed by atoms with E-state index < -0.39 is 5.97 Å². The van der Waals surface area contributed by atoms with Crippen LogP contribution >= 0.6 is 11.3 Å². The number of rotatable bonds is 2. The molecule has 3 aromatic rings. The molecule has 2 aromatic heterocycles. The lowest BCUT2D eigenvalue weighted by Gasteiger charge is -1.94. The van der Waals surface area contributed by atoms with Gasteiger partial charge in [0.1, 0.15) is 5.01 Å². The Morgan fingerprint density at radius 2 is 2.26 bits per heavy atom. The standard InChI is InChI=1S/C12H10N4O2S/c1-5-8(10(13)16-15-5)11-14-7-4-2-3-6(12(17)18)9(7)19-11/h2-4H,1H3,(H,17,18)(H3,13,15,16). The summed E-state index contributed by atoms with van der Waals surface area (Å²) in [6, 6.07) is 5.03. The highest BCUT2D eigenvalue weighted by molar-refractivity contribution is 7.22. The van der Waals surface area contributed by atoms with Crippen LogP contribution in [0.1, 0.15) is 16.1 Å². The van der Waals surface area contributed by atoms with Gasteiger partial charge in [-0.05, 0) is 19.1 Å². The third-order valence-corrected chi connectivity index (χ3v) is 3.96. The molecular weight excluding hydrogens is 264 g/mol. The second-order valence-electron chi connectivity index (χ2n) is 4.09. The fourth-order valence-electron chi connectivity index (χ4n) is 1.94. The molecular formula is C12H10N4O2S. The van der Waals surface area contributed by atoms with E-state index in [2.05, 4.69) is 15.2 Å². The Balaban J connectivity index is 2.28. The van der Waals surface area contributed by atoms with Crippen molar-refractivity contribution in [3.8, 4) is 10.6 Å². The van der Waals surface area contributed by atoms with E-state index in [4.69, 9.17) is 10.8 Å². The van der Waals surface area contributed by atoms with E-state index in [0.29, 0.717) is 21.0 Å². The minimum atomic E-state index is -0.960. The number of carboxylic acids is 1. The van der Waals surface area contributed by atoms with E-state index in [0.717, 1.165) is 11.3 Å². The zero-order chi connectivity index (χ0) is 13.6. The monoisotopic (exact) mass is 274 g/mol. The average Bonchev–Trinajstić information content (AvgIpc) is 2.91. The molecule has 6 nitrogen and oxygen atoms in total. The normalized spacial score (nSPS) is 11.0. The number of aryl methyl sites for hydroxylation is 1. The summed E-state index contributed by atoms with van der Waals surface area (Å²) in [7, 11) is 0. The number of H-pyrrole nitrogens is 1. The second kappa shape index (κ2) is 4.06. The molecule has 2 heterocycles. The van der Waals surface area contributed by atoms with E-state index in [1.807, 2.05) is 6.92 Å². The topological polar surface area (TPSA) is 105 Å². The zero-order valence-corrected chi connectivity index (χ0v) is 10.8. The Morgan fingerprint density at radius 1 is 1.47 bits per heavy atom. The van der Waals surface area contributed by atoms with Gasteiger partial charge >= 0.3 is 5.97 Å². The highest BCUT2D eigenvalue weighted by Crippen LogP contribution is 2.35. The number of nitrogens with one attached hydrogen (secondary N) is 1. The molecule has 0 amide bonds. The highest BCUT2D eigenvalue weighted by Gasteiger charge is 2.17. The Morgan fingerprint density at radius 3 is 2.89 bits per heavy atom. The number of carbonyl (C=O) groups is 1. The van der Waals surface area contributed by atoms with Gasteiger partial charge in [0.05, 0.1) is 21.3 Å². The van der Waals surface area contributed by atoms with Crippen LogP contribution in [0.25, 0.3) is 20.8 Å². The zero-order valence-electron chi connectivity index (χ0n) is 9.97. The van der Waals surface area contributed by atoms with Crippen LogP contribution in [0, 0.1) is 6.92 Å². The summed E-state index contributed by atoms with van der Waals surface area (Å²) in [5, 5.41) is 16.6. The van der Waals surface area contributed by atoms with Gasteiger partial charge in [0.2, 0.25) is 0 Å². The number of anilines is 1. The quantitative estimate of drug-likeness (QED) is 0.665.